The topological polar surface area (TPSA) is 29.5 Å². The van der Waals surface area contributed by atoms with Crippen molar-refractivity contribution in [2.24, 2.45) is 29.1 Å². The summed E-state index contributed by atoms with van der Waals surface area (Å²) in [4.78, 5) is 15.8. The first-order valence-electron chi connectivity index (χ1n) is 11.2. The highest BCUT2D eigenvalue weighted by molar-refractivity contribution is 6.04. The van der Waals surface area contributed by atoms with Crippen LogP contribution in [0.4, 0.5) is 5.69 Å². The summed E-state index contributed by atoms with van der Waals surface area (Å²) < 4.78 is 5.32. The van der Waals surface area contributed by atoms with E-state index in [1.807, 2.05) is 24.3 Å². The summed E-state index contributed by atoms with van der Waals surface area (Å²) in [6, 6.07) is 18.9. The van der Waals surface area contributed by atoms with Crippen LogP contribution < -0.4 is 9.64 Å². The molecule has 1 heterocycles. The zero-order valence-corrected chi connectivity index (χ0v) is 17.1. The number of carbonyl (C=O) groups is 1. The van der Waals surface area contributed by atoms with E-state index in [2.05, 4.69) is 35.2 Å². The molecule has 7 rings (SSSR count). The zero-order valence-electron chi connectivity index (χ0n) is 17.1. The van der Waals surface area contributed by atoms with Gasteiger partial charge in [-0.15, -0.1) is 0 Å². The Morgan fingerprint density at radius 2 is 1.45 bits per heavy atom. The second-order valence-electron chi connectivity index (χ2n) is 10.0. The number of ether oxygens (including phenoxy) is 1. The minimum absolute atomic E-state index is 0.139. The molecule has 2 aromatic rings. The Balaban J connectivity index is 1.40. The molecule has 5 aliphatic rings. The number of amides is 1. The molecule has 2 aromatic carbocycles. The second kappa shape index (κ2) is 6.35. The highest BCUT2D eigenvalue weighted by Gasteiger charge is 2.63. The standard InChI is InChI=1S/C26H29NO2/c1-29-22-9-7-21(8-10-22)27-24(20-5-3-2-4-6-20)23(25(27)28)26-14-17-11-18(15-26)13-19(12-17)16-26/h2-10,17-19,23-24H,11-16H2,1H3/t17?,18?,19?,23-,24+,26?/m1/s1. The van der Waals surface area contributed by atoms with Crippen molar-refractivity contribution >= 4 is 11.6 Å². The Hall–Kier alpha value is -2.29. The molecule has 3 heteroatoms. The molecule has 3 nitrogen and oxygen atoms in total. The molecule has 2 atom stereocenters. The van der Waals surface area contributed by atoms with Crippen molar-refractivity contribution in [2.75, 3.05) is 12.0 Å². The van der Waals surface area contributed by atoms with Crippen LogP contribution in [0.25, 0.3) is 0 Å². The second-order valence-corrected chi connectivity index (χ2v) is 10.0. The fourth-order valence-corrected chi connectivity index (χ4v) is 7.67. The molecule has 0 spiro atoms. The highest BCUT2D eigenvalue weighted by Crippen LogP contribution is 2.67. The van der Waals surface area contributed by atoms with Crippen molar-refractivity contribution in [3.8, 4) is 5.75 Å². The van der Waals surface area contributed by atoms with Crippen molar-refractivity contribution in [1.29, 1.82) is 0 Å². The smallest absolute Gasteiger partial charge is 0.233 e. The molecule has 5 fully saturated rings. The Labute approximate surface area is 173 Å². The lowest BCUT2D eigenvalue weighted by atomic mass is 9.44. The molecule has 0 N–H and O–H groups in total. The third kappa shape index (κ3) is 2.59. The van der Waals surface area contributed by atoms with Crippen LogP contribution in [0, 0.1) is 29.1 Å². The van der Waals surface area contributed by atoms with E-state index < -0.39 is 0 Å². The fraction of sp³-hybridized carbons (Fsp3) is 0.500. The number of rotatable bonds is 4. The highest BCUT2D eigenvalue weighted by atomic mass is 16.5. The van der Waals surface area contributed by atoms with E-state index in [0.717, 1.165) is 29.2 Å². The predicted octanol–water partition coefficient (Wildman–Crippen LogP) is 5.62. The number of β-lactam (4-membered cyclic amide) rings is 1. The number of anilines is 1. The van der Waals surface area contributed by atoms with Gasteiger partial charge in [-0.1, -0.05) is 30.3 Å². The molecule has 4 bridgehead atoms. The van der Waals surface area contributed by atoms with Crippen LogP contribution in [-0.4, -0.2) is 13.0 Å². The van der Waals surface area contributed by atoms with E-state index in [1.165, 1.54) is 44.1 Å². The van der Waals surface area contributed by atoms with E-state index in [-0.39, 0.29) is 17.4 Å². The van der Waals surface area contributed by atoms with Crippen molar-refractivity contribution in [3.63, 3.8) is 0 Å². The maximum atomic E-state index is 13.7. The molecule has 0 aromatic heterocycles. The number of carbonyl (C=O) groups excluding carboxylic acids is 1. The summed E-state index contributed by atoms with van der Waals surface area (Å²) in [5, 5.41) is 0. The average molecular weight is 388 g/mol. The average Bonchev–Trinajstić information content (AvgIpc) is 2.72. The van der Waals surface area contributed by atoms with E-state index in [4.69, 9.17) is 4.74 Å². The third-order valence-electron chi connectivity index (χ3n) is 8.33. The van der Waals surface area contributed by atoms with Gasteiger partial charge in [0.15, 0.2) is 0 Å². The summed E-state index contributed by atoms with van der Waals surface area (Å²) in [6.07, 6.45) is 8.06. The molecular weight excluding hydrogens is 358 g/mol. The number of benzene rings is 2. The van der Waals surface area contributed by atoms with Gasteiger partial charge in [-0.2, -0.15) is 0 Å². The minimum atomic E-state index is 0.139. The minimum Gasteiger partial charge on any atom is -0.497 e. The molecule has 1 aliphatic heterocycles. The first-order chi connectivity index (χ1) is 14.2. The zero-order chi connectivity index (χ0) is 19.6. The first-order valence-corrected chi connectivity index (χ1v) is 11.2. The van der Waals surface area contributed by atoms with Crippen molar-refractivity contribution < 1.29 is 9.53 Å². The van der Waals surface area contributed by atoms with Gasteiger partial charge in [0.1, 0.15) is 5.75 Å². The molecule has 1 saturated heterocycles. The van der Waals surface area contributed by atoms with Gasteiger partial charge >= 0.3 is 0 Å². The molecule has 0 radical (unpaired) electrons. The Bertz CT molecular complexity index is 884. The summed E-state index contributed by atoms with van der Waals surface area (Å²) in [6.45, 7) is 0. The number of nitrogens with zero attached hydrogens (tertiary/aromatic N) is 1. The van der Waals surface area contributed by atoms with E-state index in [0.29, 0.717) is 5.91 Å². The van der Waals surface area contributed by atoms with E-state index in [1.54, 1.807) is 7.11 Å². The molecular formula is C26H29NO2. The van der Waals surface area contributed by atoms with Crippen molar-refractivity contribution in [2.45, 2.75) is 44.6 Å². The monoisotopic (exact) mass is 387 g/mol. The first kappa shape index (κ1) is 17.6. The summed E-state index contributed by atoms with van der Waals surface area (Å²) in [5.41, 5.74) is 2.50. The maximum Gasteiger partial charge on any atom is 0.233 e. The van der Waals surface area contributed by atoms with Gasteiger partial charge in [0.25, 0.3) is 0 Å². The van der Waals surface area contributed by atoms with Crippen LogP contribution in [0.2, 0.25) is 0 Å². The van der Waals surface area contributed by atoms with Crippen molar-refractivity contribution in [3.05, 3.63) is 60.2 Å². The quantitative estimate of drug-likeness (QED) is 0.638. The largest absolute Gasteiger partial charge is 0.497 e. The maximum absolute atomic E-state index is 13.7. The summed E-state index contributed by atoms with van der Waals surface area (Å²) >= 11 is 0. The molecule has 150 valence electrons. The number of hydrogen-bond acceptors (Lipinski definition) is 2. The van der Waals surface area contributed by atoms with Crippen molar-refractivity contribution in [1.82, 2.24) is 0 Å². The van der Waals surface area contributed by atoms with Gasteiger partial charge in [0, 0.05) is 5.69 Å². The van der Waals surface area contributed by atoms with E-state index >= 15 is 0 Å². The fourth-order valence-electron chi connectivity index (χ4n) is 7.67. The molecule has 4 saturated carbocycles. The Morgan fingerprint density at radius 3 is 2.00 bits per heavy atom. The number of methoxy groups -OCH3 is 1. The molecule has 1 amide bonds. The van der Waals surface area contributed by atoms with Gasteiger partial charge in [-0.3, -0.25) is 4.79 Å². The predicted molar refractivity (Wildman–Crippen MR) is 114 cm³/mol. The van der Waals surface area contributed by atoms with Gasteiger partial charge in [-0.25, -0.2) is 0 Å². The lowest BCUT2D eigenvalue weighted by Crippen LogP contribution is -2.65. The van der Waals surface area contributed by atoms with Crippen LogP contribution >= 0.6 is 0 Å². The lowest BCUT2D eigenvalue weighted by molar-refractivity contribution is -0.153. The SMILES string of the molecule is COc1ccc(N2C(=O)[C@H](C34CC5CC(CC(C5)C3)C4)[C@@H]2c2ccccc2)cc1. The molecule has 0 unspecified atom stereocenters. The Morgan fingerprint density at radius 1 is 0.862 bits per heavy atom. The van der Waals surface area contributed by atoms with Crippen LogP contribution in [0.15, 0.2) is 54.6 Å². The lowest BCUT2D eigenvalue weighted by Gasteiger charge is -2.64. The molecule has 29 heavy (non-hydrogen) atoms. The van der Waals surface area contributed by atoms with E-state index in [9.17, 15) is 4.79 Å². The van der Waals surface area contributed by atoms with Gasteiger partial charge in [0.2, 0.25) is 5.91 Å². The van der Waals surface area contributed by atoms with Crippen LogP contribution in [0.5, 0.6) is 5.75 Å². The van der Waals surface area contributed by atoms with Crippen LogP contribution in [0.3, 0.4) is 0 Å². The normalized spacial score (nSPS) is 37.5. The Kier molecular flexibility index (Phi) is 3.85. The number of hydrogen-bond donors (Lipinski definition) is 0. The molecule has 4 aliphatic carbocycles. The summed E-state index contributed by atoms with van der Waals surface area (Å²) in [5.74, 6) is 3.89. The van der Waals surface area contributed by atoms with Gasteiger partial charge < -0.3 is 9.64 Å². The van der Waals surface area contributed by atoms with Crippen LogP contribution in [-0.2, 0) is 4.79 Å². The van der Waals surface area contributed by atoms with Gasteiger partial charge in [-0.05, 0) is 91.5 Å². The van der Waals surface area contributed by atoms with Crippen LogP contribution in [0.1, 0.15) is 50.1 Å². The summed E-state index contributed by atoms with van der Waals surface area (Å²) in [7, 11) is 1.68. The van der Waals surface area contributed by atoms with Gasteiger partial charge in [0.05, 0.1) is 19.1 Å². The third-order valence-corrected chi connectivity index (χ3v) is 8.33.